The Bertz CT molecular complexity index is 415. The first-order valence-corrected chi connectivity index (χ1v) is 6.48. The van der Waals surface area contributed by atoms with Gasteiger partial charge < -0.3 is 9.30 Å². The zero-order valence-corrected chi connectivity index (χ0v) is 10.1. The zero-order chi connectivity index (χ0) is 11.0. The highest BCUT2D eigenvalue weighted by Gasteiger charge is 2.29. The molecule has 1 N–H and O–H groups in total. The van der Waals surface area contributed by atoms with Crippen LogP contribution in [0.3, 0.4) is 0 Å². The van der Waals surface area contributed by atoms with Gasteiger partial charge in [0.15, 0.2) is 4.77 Å². The number of hydrogen-bond acceptors (Lipinski definition) is 3. The summed E-state index contributed by atoms with van der Waals surface area (Å²) in [6.07, 6.45) is 4.90. The molecule has 88 valence electrons. The van der Waals surface area contributed by atoms with E-state index in [9.17, 15) is 0 Å². The third-order valence-corrected chi connectivity index (χ3v) is 3.83. The van der Waals surface area contributed by atoms with Crippen molar-refractivity contribution < 1.29 is 4.74 Å². The maximum Gasteiger partial charge on any atom is 0.195 e. The summed E-state index contributed by atoms with van der Waals surface area (Å²) in [4.78, 5) is 0. The molecule has 1 atom stereocenters. The van der Waals surface area contributed by atoms with Gasteiger partial charge in [0, 0.05) is 25.7 Å². The van der Waals surface area contributed by atoms with Gasteiger partial charge in [0.2, 0.25) is 0 Å². The number of ether oxygens (including phenoxy) is 1. The van der Waals surface area contributed by atoms with Crippen molar-refractivity contribution in [2.75, 3.05) is 13.2 Å². The first-order chi connectivity index (χ1) is 7.84. The number of aromatic amines is 1. The van der Waals surface area contributed by atoms with Crippen LogP contribution in [0, 0.1) is 10.7 Å². The zero-order valence-electron chi connectivity index (χ0n) is 9.32. The first kappa shape index (κ1) is 10.5. The van der Waals surface area contributed by atoms with Gasteiger partial charge >= 0.3 is 0 Å². The summed E-state index contributed by atoms with van der Waals surface area (Å²) >= 11 is 5.27. The lowest BCUT2D eigenvalue weighted by Crippen LogP contribution is -2.09. The van der Waals surface area contributed by atoms with Crippen LogP contribution in [0.4, 0.5) is 0 Å². The van der Waals surface area contributed by atoms with Crippen LogP contribution in [-0.2, 0) is 11.3 Å². The molecule has 1 aromatic rings. The van der Waals surface area contributed by atoms with Crippen LogP contribution >= 0.6 is 12.2 Å². The molecular weight excluding hydrogens is 222 g/mol. The van der Waals surface area contributed by atoms with Gasteiger partial charge in [-0.1, -0.05) is 0 Å². The van der Waals surface area contributed by atoms with Crippen molar-refractivity contribution in [2.24, 2.45) is 5.92 Å². The summed E-state index contributed by atoms with van der Waals surface area (Å²) in [5.41, 5.74) is 0. The van der Waals surface area contributed by atoms with E-state index in [1.54, 1.807) is 0 Å². The maximum absolute atomic E-state index is 5.39. The lowest BCUT2D eigenvalue weighted by molar-refractivity contribution is 0.183. The lowest BCUT2D eigenvalue weighted by atomic mass is 10.1. The van der Waals surface area contributed by atoms with Crippen molar-refractivity contribution in [3.63, 3.8) is 0 Å². The fourth-order valence-electron chi connectivity index (χ4n) is 2.32. The Kier molecular flexibility index (Phi) is 2.81. The molecule has 1 aliphatic carbocycles. The van der Waals surface area contributed by atoms with E-state index in [-0.39, 0.29) is 0 Å². The highest BCUT2D eigenvalue weighted by molar-refractivity contribution is 7.71. The van der Waals surface area contributed by atoms with Crippen molar-refractivity contribution >= 4 is 12.2 Å². The van der Waals surface area contributed by atoms with Crippen LogP contribution in [0.15, 0.2) is 0 Å². The Morgan fingerprint density at radius 2 is 2.31 bits per heavy atom. The largest absolute Gasteiger partial charge is 0.381 e. The number of nitrogens with one attached hydrogen (secondary N) is 1. The Labute approximate surface area is 100 Å². The van der Waals surface area contributed by atoms with E-state index in [2.05, 4.69) is 14.8 Å². The Hall–Kier alpha value is -0.680. The van der Waals surface area contributed by atoms with E-state index >= 15 is 0 Å². The highest BCUT2D eigenvalue weighted by atomic mass is 32.1. The molecule has 2 aliphatic rings. The molecule has 1 saturated carbocycles. The molecule has 1 aromatic heterocycles. The van der Waals surface area contributed by atoms with Crippen molar-refractivity contribution in [1.29, 1.82) is 0 Å². The summed E-state index contributed by atoms with van der Waals surface area (Å²) in [5, 5.41) is 7.26. The lowest BCUT2D eigenvalue weighted by Gasteiger charge is -2.09. The van der Waals surface area contributed by atoms with Crippen LogP contribution < -0.4 is 0 Å². The Morgan fingerprint density at radius 1 is 1.44 bits per heavy atom. The molecule has 3 rings (SSSR count). The monoisotopic (exact) mass is 239 g/mol. The number of hydrogen-bond donors (Lipinski definition) is 1. The SMILES string of the molecule is S=c1[nH]nc(C2CC2)n1CCC1CCOC1. The molecular formula is C11H17N3OS. The Balaban J connectivity index is 1.68. The van der Waals surface area contributed by atoms with E-state index in [0.717, 1.165) is 31.0 Å². The van der Waals surface area contributed by atoms with E-state index < -0.39 is 0 Å². The van der Waals surface area contributed by atoms with E-state index in [1.807, 2.05) is 0 Å². The van der Waals surface area contributed by atoms with E-state index in [0.29, 0.717) is 11.8 Å². The van der Waals surface area contributed by atoms with Crippen molar-refractivity contribution in [2.45, 2.75) is 38.1 Å². The summed E-state index contributed by atoms with van der Waals surface area (Å²) in [6.45, 7) is 2.84. The smallest absolute Gasteiger partial charge is 0.195 e. The van der Waals surface area contributed by atoms with Gasteiger partial charge in [-0.15, -0.1) is 0 Å². The van der Waals surface area contributed by atoms with Crippen molar-refractivity contribution in [1.82, 2.24) is 14.8 Å². The normalized spacial score (nSPS) is 25.1. The quantitative estimate of drug-likeness (QED) is 0.819. The second-order valence-corrected chi connectivity index (χ2v) is 5.22. The fraction of sp³-hybridized carbons (Fsp3) is 0.818. The third kappa shape index (κ3) is 2.06. The van der Waals surface area contributed by atoms with Crippen molar-refractivity contribution in [3.05, 3.63) is 10.6 Å². The molecule has 0 bridgehead atoms. The molecule has 4 nitrogen and oxygen atoms in total. The van der Waals surface area contributed by atoms with Crippen LogP contribution in [0.2, 0.25) is 0 Å². The molecule has 1 saturated heterocycles. The van der Waals surface area contributed by atoms with Gasteiger partial charge in [-0.25, -0.2) is 0 Å². The number of rotatable bonds is 4. The minimum Gasteiger partial charge on any atom is -0.381 e. The van der Waals surface area contributed by atoms with Gasteiger partial charge in [0.1, 0.15) is 5.82 Å². The number of H-pyrrole nitrogens is 1. The van der Waals surface area contributed by atoms with Crippen LogP contribution in [-0.4, -0.2) is 28.0 Å². The summed E-state index contributed by atoms with van der Waals surface area (Å²) in [7, 11) is 0. The summed E-state index contributed by atoms with van der Waals surface area (Å²) in [6, 6.07) is 0. The Morgan fingerprint density at radius 3 is 3.00 bits per heavy atom. The van der Waals surface area contributed by atoms with E-state index in [4.69, 9.17) is 17.0 Å². The standard InChI is InChI=1S/C11H17N3OS/c16-11-13-12-10(9-1-2-9)14(11)5-3-8-4-6-15-7-8/h8-9H,1-7H2,(H,13,16). The minimum absolute atomic E-state index is 0.660. The molecule has 0 spiro atoms. The summed E-state index contributed by atoms with van der Waals surface area (Å²) in [5.74, 6) is 2.54. The molecule has 2 heterocycles. The molecule has 5 heteroatoms. The molecule has 2 fully saturated rings. The summed E-state index contributed by atoms with van der Waals surface area (Å²) < 4.78 is 8.35. The van der Waals surface area contributed by atoms with Gasteiger partial charge in [-0.05, 0) is 43.8 Å². The number of aromatic nitrogens is 3. The first-order valence-electron chi connectivity index (χ1n) is 6.07. The molecule has 1 aliphatic heterocycles. The molecule has 1 unspecified atom stereocenters. The van der Waals surface area contributed by atoms with Crippen molar-refractivity contribution in [3.8, 4) is 0 Å². The molecule has 0 aromatic carbocycles. The molecule has 16 heavy (non-hydrogen) atoms. The minimum atomic E-state index is 0.660. The highest BCUT2D eigenvalue weighted by Crippen LogP contribution is 2.39. The van der Waals surface area contributed by atoms with E-state index in [1.165, 1.54) is 25.1 Å². The predicted molar refractivity (Wildman–Crippen MR) is 62.9 cm³/mol. The average molecular weight is 239 g/mol. The van der Waals surface area contributed by atoms with Gasteiger partial charge in [0.05, 0.1) is 0 Å². The van der Waals surface area contributed by atoms with Gasteiger partial charge in [-0.3, -0.25) is 5.10 Å². The van der Waals surface area contributed by atoms with Gasteiger partial charge in [0.25, 0.3) is 0 Å². The molecule has 0 radical (unpaired) electrons. The second-order valence-electron chi connectivity index (χ2n) is 4.83. The predicted octanol–water partition coefficient (Wildman–Crippen LogP) is 2.24. The number of nitrogens with zero attached hydrogens (tertiary/aromatic N) is 2. The third-order valence-electron chi connectivity index (χ3n) is 3.52. The van der Waals surface area contributed by atoms with Crippen LogP contribution in [0.5, 0.6) is 0 Å². The van der Waals surface area contributed by atoms with Gasteiger partial charge in [-0.2, -0.15) is 5.10 Å². The molecule has 0 amide bonds. The average Bonchev–Trinajstić information content (AvgIpc) is 2.87. The maximum atomic E-state index is 5.39. The van der Waals surface area contributed by atoms with Crippen LogP contribution in [0.1, 0.15) is 37.4 Å². The van der Waals surface area contributed by atoms with Crippen LogP contribution in [0.25, 0.3) is 0 Å². The topological polar surface area (TPSA) is 42.8 Å². The second kappa shape index (κ2) is 4.30. The fourth-order valence-corrected chi connectivity index (χ4v) is 2.55.